The van der Waals surface area contributed by atoms with E-state index in [0.29, 0.717) is 11.3 Å². The van der Waals surface area contributed by atoms with Gasteiger partial charge in [0.05, 0.1) is 24.0 Å². The highest BCUT2D eigenvalue weighted by atomic mass is 16.5. The third-order valence-electron chi connectivity index (χ3n) is 7.57. The number of nitrogens with zero attached hydrogens (tertiary/aromatic N) is 2. The lowest BCUT2D eigenvalue weighted by molar-refractivity contribution is 0.0939. The zero-order chi connectivity index (χ0) is 28.8. The molecule has 41 heavy (non-hydrogen) atoms. The summed E-state index contributed by atoms with van der Waals surface area (Å²) >= 11 is 0. The molecule has 1 aliphatic heterocycles. The Hall–Kier alpha value is -4.72. The van der Waals surface area contributed by atoms with E-state index in [1.54, 1.807) is 13.2 Å². The van der Waals surface area contributed by atoms with E-state index in [0.717, 1.165) is 66.2 Å². The van der Waals surface area contributed by atoms with Gasteiger partial charge in [-0.3, -0.25) is 4.79 Å². The van der Waals surface area contributed by atoms with Crippen LogP contribution in [0.15, 0.2) is 84.9 Å². The molecule has 8 nitrogen and oxygen atoms in total. The van der Waals surface area contributed by atoms with Crippen LogP contribution in [0.1, 0.15) is 30.6 Å². The molecule has 4 aromatic rings. The number of amides is 3. The van der Waals surface area contributed by atoms with Crippen molar-refractivity contribution in [2.24, 2.45) is 0 Å². The molecular formula is C33H37N5O3. The predicted octanol–water partition coefficient (Wildman–Crippen LogP) is 6.35. The van der Waals surface area contributed by atoms with Crippen LogP contribution in [0.4, 0.5) is 27.5 Å². The third-order valence-corrected chi connectivity index (χ3v) is 7.57. The number of piperazine rings is 1. The molecule has 4 aromatic carbocycles. The molecule has 0 saturated carbocycles. The smallest absolute Gasteiger partial charge is 0.323 e. The van der Waals surface area contributed by atoms with Gasteiger partial charge in [0.25, 0.3) is 5.91 Å². The first kappa shape index (κ1) is 27.8. The lowest BCUT2D eigenvalue weighted by Crippen LogP contribution is -2.47. The number of nitrogens with one attached hydrogen (secondary N) is 3. The molecule has 1 heterocycles. The monoisotopic (exact) mass is 551 g/mol. The molecular weight excluding hydrogens is 514 g/mol. The van der Waals surface area contributed by atoms with Gasteiger partial charge in [-0.25, -0.2) is 4.79 Å². The Bertz CT molecular complexity index is 1530. The first-order valence-electron chi connectivity index (χ1n) is 14.1. The summed E-state index contributed by atoms with van der Waals surface area (Å²) < 4.78 is 5.56. The highest BCUT2D eigenvalue weighted by molar-refractivity contribution is 6.07. The van der Waals surface area contributed by atoms with Crippen molar-refractivity contribution in [1.82, 2.24) is 5.32 Å². The SMILES string of the molecule is CCC(C)NC(=O)c1cc(NC(=O)Nc2cccc3ccccc23)ccc1N1CCN(c2ccccc2OC)CC1. The lowest BCUT2D eigenvalue weighted by atomic mass is 10.1. The minimum atomic E-state index is -0.368. The van der Waals surface area contributed by atoms with Crippen LogP contribution in [0.25, 0.3) is 10.8 Å². The summed E-state index contributed by atoms with van der Waals surface area (Å²) in [5, 5.41) is 11.0. The predicted molar refractivity (Wildman–Crippen MR) is 168 cm³/mol. The Morgan fingerprint density at radius 3 is 2.27 bits per heavy atom. The molecule has 1 aliphatic rings. The molecule has 3 amide bonds. The van der Waals surface area contributed by atoms with Gasteiger partial charge in [0.1, 0.15) is 5.75 Å². The van der Waals surface area contributed by atoms with Gasteiger partial charge in [0.15, 0.2) is 0 Å². The molecule has 0 aromatic heterocycles. The van der Waals surface area contributed by atoms with Gasteiger partial charge >= 0.3 is 6.03 Å². The van der Waals surface area contributed by atoms with Crippen LogP contribution in [-0.2, 0) is 0 Å². The molecule has 5 rings (SSSR count). The summed E-state index contributed by atoms with van der Waals surface area (Å²) in [4.78, 5) is 31.0. The second kappa shape index (κ2) is 12.6. The van der Waals surface area contributed by atoms with Gasteiger partial charge in [-0.2, -0.15) is 0 Å². The fraction of sp³-hybridized carbons (Fsp3) is 0.273. The zero-order valence-corrected chi connectivity index (χ0v) is 23.8. The van der Waals surface area contributed by atoms with Crippen LogP contribution in [-0.4, -0.2) is 51.3 Å². The molecule has 8 heteroatoms. The van der Waals surface area contributed by atoms with Crippen molar-refractivity contribution in [2.75, 3.05) is 53.7 Å². The number of benzene rings is 4. The molecule has 1 atom stereocenters. The Morgan fingerprint density at radius 2 is 1.51 bits per heavy atom. The number of methoxy groups -OCH3 is 1. The normalized spacial score (nSPS) is 13.9. The fourth-order valence-electron chi connectivity index (χ4n) is 5.17. The van der Waals surface area contributed by atoms with E-state index in [9.17, 15) is 9.59 Å². The van der Waals surface area contributed by atoms with E-state index in [-0.39, 0.29) is 18.0 Å². The van der Waals surface area contributed by atoms with Gasteiger partial charge in [0, 0.05) is 49.0 Å². The summed E-state index contributed by atoms with van der Waals surface area (Å²) in [5.41, 5.74) is 3.74. The van der Waals surface area contributed by atoms with E-state index in [1.807, 2.05) is 86.6 Å². The standard InChI is InChI=1S/C33H37N5O3/c1-4-23(2)34-32(39)27-22-25(35-33(40)36-28-13-9-11-24-10-5-6-12-26(24)28)16-17-29(27)37-18-20-38(21-19-37)30-14-7-8-15-31(30)41-3/h5-17,22-23H,4,18-21H2,1-3H3,(H,34,39)(H2,35,36,40). The quantitative estimate of drug-likeness (QED) is 0.238. The number of hydrogen-bond acceptors (Lipinski definition) is 5. The number of rotatable bonds is 8. The maximum atomic E-state index is 13.4. The maximum absolute atomic E-state index is 13.4. The van der Waals surface area contributed by atoms with Gasteiger partial charge < -0.3 is 30.5 Å². The highest BCUT2D eigenvalue weighted by Gasteiger charge is 2.24. The minimum Gasteiger partial charge on any atom is -0.495 e. The average Bonchev–Trinajstić information content (AvgIpc) is 3.01. The van der Waals surface area contributed by atoms with Gasteiger partial charge in [-0.1, -0.05) is 55.5 Å². The number of carbonyl (C=O) groups excluding carboxylic acids is 2. The molecule has 1 fully saturated rings. The van der Waals surface area contributed by atoms with Crippen LogP contribution >= 0.6 is 0 Å². The Morgan fingerprint density at radius 1 is 0.829 bits per heavy atom. The molecule has 0 bridgehead atoms. The van der Waals surface area contributed by atoms with E-state index in [1.165, 1.54) is 0 Å². The Balaban J connectivity index is 1.34. The van der Waals surface area contributed by atoms with Crippen molar-refractivity contribution in [3.63, 3.8) is 0 Å². The van der Waals surface area contributed by atoms with Crippen molar-refractivity contribution in [1.29, 1.82) is 0 Å². The van der Waals surface area contributed by atoms with E-state index >= 15 is 0 Å². The summed E-state index contributed by atoms with van der Waals surface area (Å²) in [6.07, 6.45) is 0.823. The molecule has 1 unspecified atom stereocenters. The Labute approximate surface area is 241 Å². The van der Waals surface area contributed by atoms with Crippen molar-refractivity contribution in [3.05, 3.63) is 90.5 Å². The molecule has 3 N–H and O–H groups in total. The molecule has 1 saturated heterocycles. The number of hydrogen-bond donors (Lipinski definition) is 3. The topological polar surface area (TPSA) is 85.9 Å². The summed E-state index contributed by atoms with van der Waals surface area (Å²) in [5.74, 6) is 0.700. The van der Waals surface area contributed by atoms with Crippen LogP contribution in [0.2, 0.25) is 0 Å². The van der Waals surface area contributed by atoms with Crippen molar-refractivity contribution in [2.45, 2.75) is 26.3 Å². The number of para-hydroxylation sites is 2. The van der Waals surface area contributed by atoms with Crippen molar-refractivity contribution < 1.29 is 14.3 Å². The Kier molecular flexibility index (Phi) is 8.58. The lowest BCUT2D eigenvalue weighted by Gasteiger charge is -2.38. The van der Waals surface area contributed by atoms with Gasteiger partial charge in [0.2, 0.25) is 0 Å². The highest BCUT2D eigenvalue weighted by Crippen LogP contribution is 2.31. The summed E-state index contributed by atoms with van der Waals surface area (Å²) in [6, 6.07) is 26.9. The second-order valence-corrected chi connectivity index (χ2v) is 10.3. The third kappa shape index (κ3) is 6.38. The summed E-state index contributed by atoms with van der Waals surface area (Å²) in [7, 11) is 1.69. The van der Waals surface area contributed by atoms with Gasteiger partial charge in [-0.15, -0.1) is 0 Å². The average molecular weight is 552 g/mol. The van der Waals surface area contributed by atoms with E-state index in [2.05, 4.69) is 31.8 Å². The fourth-order valence-corrected chi connectivity index (χ4v) is 5.17. The maximum Gasteiger partial charge on any atom is 0.323 e. The molecule has 0 spiro atoms. The van der Waals surface area contributed by atoms with Crippen LogP contribution < -0.4 is 30.5 Å². The second-order valence-electron chi connectivity index (χ2n) is 10.3. The summed E-state index contributed by atoms with van der Waals surface area (Å²) in [6.45, 7) is 7.11. The van der Waals surface area contributed by atoms with Crippen molar-refractivity contribution >= 4 is 45.5 Å². The number of carbonyl (C=O) groups is 2. The zero-order valence-electron chi connectivity index (χ0n) is 23.8. The number of fused-ring (bicyclic) bond motifs is 1. The number of urea groups is 1. The van der Waals surface area contributed by atoms with E-state index in [4.69, 9.17) is 4.74 Å². The number of ether oxygens (including phenoxy) is 1. The van der Waals surface area contributed by atoms with Gasteiger partial charge in [-0.05, 0) is 55.1 Å². The van der Waals surface area contributed by atoms with E-state index < -0.39 is 0 Å². The number of anilines is 4. The first-order valence-corrected chi connectivity index (χ1v) is 14.1. The molecule has 0 aliphatic carbocycles. The largest absolute Gasteiger partial charge is 0.495 e. The van der Waals surface area contributed by atoms with Crippen LogP contribution in [0.3, 0.4) is 0 Å². The molecule has 0 radical (unpaired) electrons. The molecule has 212 valence electrons. The minimum absolute atomic E-state index is 0.0315. The van der Waals surface area contributed by atoms with Crippen molar-refractivity contribution in [3.8, 4) is 5.75 Å². The van der Waals surface area contributed by atoms with Crippen LogP contribution in [0.5, 0.6) is 5.75 Å². The van der Waals surface area contributed by atoms with Crippen LogP contribution in [0, 0.1) is 0 Å². The first-order chi connectivity index (χ1) is 20.0.